The van der Waals surface area contributed by atoms with Gasteiger partial charge in [0.2, 0.25) is 5.91 Å². The van der Waals surface area contributed by atoms with Crippen LogP contribution in [0.2, 0.25) is 0 Å². The molecule has 0 heterocycles. The lowest BCUT2D eigenvalue weighted by Crippen LogP contribution is -2.29. The molecule has 0 aliphatic heterocycles. The van der Waals surface area contributed by atoms with E-state index < -0.39 is 0 Å². The molecule has 120 valence electrons. The summed E-state index contributed by atoms with van der Waals surface area (Å²) >= 11 is 0. The topological polar surface area (TPSA) is 70.2 Å². The van der Waals surface area contributed by atoms with Gasteiger partial charge in [-0.1, -0.05) is 32.3 Å². The van der Waals surface area contributed by atoms with Crippen molar-refractivity contribution in [1.82, 2.24) is 5.32 Å². The average molecular weight is 303 g/mol. The van der Waals surface area contributed by atoms with Gasteiger partial charge in [0.25, 0.3) is 0 Å². The number of unbranched alkanes of at least 4 members (excludes halogenated alkanes) is 3. The molecule has 0 unspecified atom stereocenters. The van der Waals surface area contributed by atoms with Gasteiger partial charge < -0.3 is 16.0 Å². The molecule has 1 fully saturated rings. The summed E-state index contributed by atoms with van der Waals surface area (Å²) in [5, 5.41) is 8.50. The van der Waals surface area contributed by atoms with Crippen LogP contribution in [0.25, 0.3) is 0 Å². The molecule has 5 heteroatoms. The van der Waals surface area contributed by atoms with Crippen LogP contribution < -0.4 is 16.0 Å². The fourth-order valence-electron chi connectivity index (χ4n) is 2.19. The van der Waals surface area contributed by atoms with E-state index in [0.717, 1.165) is 31.4 Å². The molecule has 3 N–H and O–H groups in total. The van der Waals surface area contributed by atoms with Crippen LogP contribution in [0.15, 0.2) is 24.3 Å². The Morgan fingerprint density at radius 3 is 2.50 bits per heavy atom. The monoisotopic (exact) mass is 303 g/mol. The van der Waals surface area contributed by atoms with E-state index in [9.17, 15) is 9.59 Å². The predicted octanol–water partition coefficient (Wildman–Crippen LogP) is 3.74. The van der Waals surface area contributed by atoms with Gasteiger partial charge in [-0.25, -0.2) is 4.79 Å². The van der Waals surface area contributed by atoms with Crippen molar-refractivity contribution in [2.75, 3.05) is 17.2 Å². The highest BCUT2D eigenvalue weighted by atomic mass is 16.2. The molecule has 2 rings (SSSR count). The largest absolute Gasteiger partial charge is 0.338 e. The molecule has 0 radical (unpaired) electrons. The summed E-state index contributed by atoms with van der Waals surface area (Å²) < 4.78 is 0. The number of rotatable bonds is 8. The number of benzene rings is 1. The maximum absolute atomic E-state index is 11.8. The van der Waals surface area contributed by atoms with E-state index in [0.29, 0.717) is 12.2 Å². The second kappa shape index (κ2) is 8.41. The van der Waals surface area contributed by atoms with Crippen LogP contribution in [0.1, 0.15) is 45.4 Å². The molecule has 1 aromatic rings. The van der Waals surface area contributed by atoms with Crippen molar-refractivity contribution in [2.45, 2.75) is 45.4 Å². The zero-order valence-corrected chi connectivity index (χ0v) is 13.2. The quantitative estimate of drug-likeness (QED) is 0.640. The zero-order chi connectivity index (χ0) is 15.8. The molecule has 1 aliphatic rings. The summed E-state index contributed by atoms with van der Waals surface area (Å²) in [6.45, 7) is 2.85. The minimum Gasteiger partial charge on any atom is -0.338 e. The average Bonchev–Trinajstić information content (AvgIpc) is 3.32. The van der Waals surface area contributed by atoms with Crippen molar-refractivity contribution >= 4 is 23.3 Å². The third kappa shape index (κ3) is 5.76. The molecule has 0 spiro atoms. The van der Waals surface area contributed by atoms with Crippen LogP contribution in [0.4, 0.5) is 16.2 Å². The Kier molecular flexibility index (Phi) is 6.25. The lowest BCUT2D eigenvalue weighted by atomic mass is 10.2. The Bertz CT molecular complexity index is 512. The number of hydrogen-bond donors (Lipinski definition) is 3. The smallest absolute Gasteiger partial charge is 0.319 e. The van der Waals surface area contributed by atoms with Crippen molar-refractivity contribution in [2.24, 2.45) is 5.92 Å². The van der Waals surface area contributed by atoms with Crippen molar-refractivity contribution in [3.05, 3.63) is 24.3 Å². The highest BCUT2D eigenvalue weighted by Gasteiger charge is 2.29. The van der Waals surface area contributed by atoms with Gasteiger partial charge in [-0.2, -0.15) is 0 Å². The number of hydrogen-bond acceptors (Lipinski definition) is 2. The molecule has 5 nitrogen and oxygen atoms in total. The van der Waals surface area contributed by atoms with Crippen LogP contribution in [-0.2, 0) is 4.79 Å². The van der Waals surface area contributed by atoms with Gasteiger partial charge in [0.15, 0.2) is 0 Å². The summed E-state index contributed by atoms with van der Waals surface area (Å²) in [6, 6.07) is 7.02. The van der Waals surface area contributed by atoms with E-state index in [1.165, 1.54) is 12.8 Å². The second-order valence-electron chi connectivity index (χ2n) is 5.79. The molecule has 0 atom stereocenters. The molecule has 1 aliphatic carbocycles. The van der Waals surface area contributed by atoms with Crippen molar-refractivity contribution in [3.8, 4) is 0 Å². The fraction of sp³-hybridized carbons (Fsp3) is 0.529. The molecule has 3 amide bonds. The normalized spacial score (nSPS) is 13.5. The minimum atomic E-state index is -0.206. The van der Waals surface area contributed by atoms with Gasteiger partial charge in [0, 0.05) is 23.8 Å². The van der Waals surface area contributed by atoms with Crippen molar-refractivity contribution in [1.29, 1.82) is 0 Å². The lowest BCUT2D eigenvalue weighted by Gasteiger charge is -2.09. The molecule has 22 heavy (non-hydrogen) atoms. The highest BCUT2D eigenvalue weighted by molar-refractivity contribution is 5.95. The zero-order valence-electron chi connectivity index (χ0n) is 13.2. The number of amides is 3. The SMILES string of the molecule is CCCCCCNC(=O)Nc1cccc(NC(=O)C2CC2)c1. The summed E-state index contributed by atoms with van der Waals surface area (Å²) in [7, 11) is 0. The molecule has 0 saturated heterocycles. The van der Waals surface area contributed by atoms with E-state index in [4.69, 9.17) is 0 Å². The van der Waals surface area contributed by atoms with Crippen LogP contribution >= 0.6 is 0 Å². The summed E-state index contributed by atoms with van der Waals surface area (Å²) in [5.41, 5.74) is 1.40. The maximum Gasteiger partial charge on any atom is 0.319 e. The first kappa shape index (κ1) is 16.3. The summed E-state index contributed by atoms with van der Waals surface area (Å²) in [4.78, 5) is 23.5. The first-order chi connectivity index (χ1) is 10.7. The lowest BCUT2D eigenvalue weighted by molar-refractivity contribution is -0.117. The van der Waals surface area contributed by atoms with E-state index >= 15 is 0 Å². The third-order valence-electron chi connectivity index (χ3n) is 3.65. The minimum absolute atomic E-state index is 0.0672. The number of carbonyl (C=O) groups is 2. The van der Waals surface area contributed by atoms with E-state index in [1.54, 1.807) is 6.07 Å². The Labute approximate surface area is 131 Å². The fourth-order valence-corrected chi connectivity index (χ4v) is 2.19. The van der Waals surface area contributed by atoms with Gasteiger partial charge in [-0.05, 0) is 37.5 Å². The van der Waals surface area contributed by atoms with Crippen LogP contribution in [-0.4, -0.2) is 18.5 Å². The van der Waals surface area contributed by atoms with Crippen molar-refractivity contribution in [3.63, 3.8) is 0 Å². The van der Waals surface area contributed by atoms with Gasteiger partial charge in [0.05, 0.1) is 0 Å². The molecular weight excluding hydrogens is 278 g/mol. The number of urea groups is 1. The Hall–Kier alpha value is -2.04. The summed E-state index contributed by atoms with van der Waals surface area (Å²) in [6.07, 6.45) is 6.48. The highest BCUT2D eigenvalue weighted by Crippen LogP contribution is 2.30. The van der Waals surface area contributed by atoms with Crippen molar-refractivity contribution < 1.29 is 9.59 Å². The maximum atomic E-state index is 11.8. The number of carbonyl (C=O) groups excluding carboxylic acids is 2. The first-order valence-corrected chi connectivity index (χ1v) is 8.15. The van der Waals surface area contributed by atoms with Gasteiger partial charge in [-0.15, -0.1) is 0 Å². The molecular formula is C17H25N3O2. The first-order valence-electron chi connectivity index (χ1n) is 8.15. The van der Waals surface area contributed by atoms with Crippen LogP contribution in [0.3, 0.4) is 0 Å². The van der Waals surface area contributed by atoms with Gasteiger partial charge in [-0.3, -0.25) is 4.79 Å². The van der Waals surface area contributed by atoms with E-state index in [1.807, 2.05) is 18.2 Å². The molecule has 1 aromatic carbocycles. The molecule has 0 aromatic heterocycles. The van der Waals surface area contributed by atoms with Gasteiger partial charge >= 0.3 is 6.03 Å². The molecule has 0 bridgehead atoms. The third-order valence-corrected chi connectivity index (χ3v) is 3.65. The predicted molar refractivity (Wildman–Crippen MR) is 89.0 cm³/mol. The number of nitrogens with one attached hydrogen (secondary N) is 3. The number of anilines is 2. The molecule has 1 saturated carbocycles. The van der Waals surface area contributed by atoms with Gasteiger partial charge in [0.1, 0.15) is 0 Å². The van der Waals surface area contributed by atoms with Crippen LogP contribution in [0, 0.1) is 5.92 Å². The van der Waals surface area contributed by atoms with E-state index in [2.05, 4.69) is 22.9 Å². The van der Waals surface area contributed by atoms with E-state index in [-0.39, 0.29) is 17.9 Å². The Morgan fingerprint density at radius 2 is 1.82 bits per heavy atom. The summed E-state index contributed by atoms with van der Waals surface area (Å²) in [5.74, 6) is 0.237. The Balaban J connectivity index is 1.74. The second-order valence-corrected chi connectivity index (χ2v) is 5.79. The van der Waals surface area contributed by atoms with Crippen LogP contribution in [0.5, 0.6) is 0 Å². The standard InChI is InChI=1S/C17H25N3O2/c1-2-3-4-5-11-18-17(22)20-15-8-6-7-14(12-15)19-16(21)13-9-10-13/h6-8,12-13H,2-5,9-11H2,1H3,(H,19,21)(H2,18,20,22). The Morgan fingerprint density at radius 1 is 1.09 bits per heavy atom.